The Morgan fingerprint density at radius 1 is 1.65 bits per heavy atom. The number of aromatic nitrogens is 3. The molecule has 2 heterocycles. The first-order valence-electron chi connectivity index (χ1n) is 6.01. The first kappa shape index (κ1) is 14.6. The molecule has 0 fully saturated rings. The van der Waals surface area contributed by atoms with Crippen molar-refractivity contribution >= 4 is 17.0 Å². The molecule has 0 spiro atoms. The average Bonchev–Trinajstić information content (AvgIpc) is 2.99. The van der Waals surface area contributed by atoms with Crippen molar-refractivity contribution < 1.29 is 10.0 Å². The van der Waals surface area contributed by atoms with Crippen molar-refractivity contribution in [1.29, 1.82) is 0 Å². The molecule has 2 N–H and O–H groups in total. The molecule has 0 saturated heterocycles. The van der Waals surface area contributed by atoms with E-state index in [0.29, 0.717) is 13.1 Å². The van der Waals surface area contributed by atoms with E-state index in [4.69, 9.17) is 0 Å². The molecule has 0 saturated carbocycles. The lowest BCUT2D eigenvalue weighted by molar-refractivity contribution is -0.385. The number of nitrogens with one attached hydrogen (secondary N) is 1. The largest absolute Gasteiger partial charge is 0.390 e. The molecule has 0 radical (unpaired) electrons. The molecule has 0 aliphatic rings. The highest BCUT2D eigenvalue weighted by atomic mass is 32.1. The van der Waals surface area contributed by atoms with Crippen molar-refractivity contribution in [1.82, 2.24) is 20.1 Å². The Kier molecular flexibility index (Phi) is 4.77. The molecule has 2 aromatic heterocycles. The first-order valence-corrected chi connectivity index (χ1v) is 6.89. The van der Waals surface area contributed by atoms with E-state index in [1.165, 1.54) is 17.1 Å². The van der Waals surface area contributed by atoms with Crippen molar-refractivity contribution in [2.45, 2.75) is 26.1 Å². The van der Waals surface area contributed by atoms with E-state index in [1.807, 2.05) is 12.3 Å². The maximum Gasteiger partial charge on any atom is 0.306 e. The highest BCUT2D eigenvalue weighted by molar-refractivity contribution is 7.09. The lowest BCUT2D eigenvalue weighted by Crippen LogP contribution is -2.30. The number of hydrogen-bond donors (Lipinski definition) is 2. The van der Waals surface area contributed by atoms with Crippen LogP contribution in [0.3, 0.4) is 0 Å². The van der Waals surface area contributed by atoms with Crippen LogP contribution in [0.25, 0.3) is 0 Å². The van der Waals surface area contributed by atoms with Gasteiger partial charge in [-0.05, 0) is 6.92 Å². The van der Waals surface area contributed by atoms with Gasteiger partial charge in [0, 0.05) is 24.2 Å². The normalized spacial score (nSPS) is 12.5. The summed E-state index contributed by atoms with van der Waals surface area (Å²) in [5, 5.41) is 30.2. The highest BCUT2D eigenvalue weighted by Crippen LogP contribution is 2.09. The minimum atomic E-state index is -0.671. The maximum atomic E-state index is 10.5. The van der Waals surface area contributed by atoms with Gasteiger partial charge in [-0.2, -0.15) is 5.10 Å². The van der Waals surface area contributed by atoms with Crippen LogP contribution in [0.5, 0.6) is 0 Å². The molecular formula is C11H15N5O3S. The smallest absolute Gasteiger partial charge is 0.306 e. The topological polar surface area (TPSA) is 106 Å². The number of hydrogen-bond acceptors (Lipinski definition) is 7. The van der Waals surface area contributed by atoms with Crippen molar-refractivity contribution in [2.75, 3.05) is 6.54 Å². The third-order valence-corrected chi connectivity index (χ3v) is 3.52. The zero-order valence-electron chi connectivity index (χ0n) is 10.9. The van der Waals surface area contributed by atoms with Crippen LogP contribution in [-0.2, 0) is 13.1 Å². The highest BCUT2D eigenvalue weighted by Gasteiger charge is 2.11. The van der Waals surface area contributed by atoms with Gasteiger partial charge in [0.1, 0.15) is 17.4 Å². The molecular weight excluding hydrogens is 282 g/mol. The fraction of sp³-hybridized carbons (Fsp3) is 0.455. The van der Waals surface area contributed by atoms with Gasteiger partial charge in [0.2, 0.25) is 0 Å². The maximum absolute atomic E-state index is 10.5. The lowest BCUT2D eigenvalue weighted by Gasteiger charge is -2.10. The third kappa shape index (κ3) is 4.08. The summed E-state index contributed by atoms with van der Waals surface area (Å²) in [4.78, 5) is 14.3. The van der Waals surface area contributed by atoms with E-state index in [1.54, 1.807) is 11.3 Å². The van der Waals surface area contributed by atoms with Crippen molar-refractivity contribution in [3.63, 3.8) is 0 Å². The summed E-state index contributed by atoms with van der Waals surface area (Å²) >= 11 is 1.56. The zero-order valence-corrected chi connectivity index (χ0v) is 11.7. The van der Waals surface area contributed by atoms with Gasteiger partial charge < -0.3 is 10.4 Å². The van der Waals surface area contributed by atoms with Crippen molar-refractivity contribution in [3.05, 3.63) is 38.6 Å². The number of nitro groups is 1. The fourth-order valence-electron chi connectivity index (χ4n) is 1.66. The third-order valence-electron chi connectivity index (χ3n) is 2.55. The lowest BCUT2D eigenvalue weighted by atomic mass is 10.3. The number of nitrogens with zero attached hydrogens (tertiary/aromatic N) is 4. The molecule has 0 aliphatic carbocycles. The molecule has 8 nitrogen and oxygen atoms in total. The Balaban J connectivity index is 1.74. The first-order chi connectivity index (χ1) is 9.54. The van der Waals surface area contributed by atoms with Gasteiger partial charge in [0.25, 0.3) is 0 Å². The summed E-state index contributed by atoms with van der Waals surface area (Å²) < 4.78 is 1.36. The molecule has 9 heteroatoms. The molecule has 20 heavy (non-hydrogen) atoms. The minimum Gasteiger partial charge on any atom is -0.390 e. The summed E-state index contributed by atoms with van der Waals surface area (Å²) in [5.41, 5.74) is 0.902. The Morgan fingerprint density at radius 3 is 3.05 bits per heavy atom. The zero-order chi connectivity index (χ0) is 14.5. The van der Waals surface area contributed by atoms with Gasteiger partial charge in [-0.1, -0.05) is 0 Å². The summed E-state index contributed by atoms with van der Waals surface area (Å²) in [7, 11) is 0. The predicted octanol–water partition coefficient (Wildman–Crippen LogP) is 0.707. The number of aliphatic hydroxyl groups excluding tert-OH is 1. The number of rotatable bonds is 7. The van der Waals surface area contributed by atoms with Crippen LogP contribution in [0.1, 0.15) is 10.7 Å². The number of thiazole rings is 1. The number of aliphatic hydroxyl groups is 1. The molecule has 0 aromatic carbocycles. The van der Waals surface area contributed by atoms with E-state index < -0.39 is 11.0 Å². The van der Waals surface area contributed by atoms with Crippen LogP contribution in [0.15, 0.2) is 17.8 Å². The van der Waals surface area contributed by atoms with Gasteiger partial charge in [0.15, 0.2) is 0 Å². The van der Waals surface area contributed by atoms with Crippen LogP contribution >= 0.6 is 11.3 Å². The Labute approximate surface area is 119 Å². The summed E-state index contributed by atoms with van der Waals surface area (Å²) in [6.45, 7) is 3.10. The van der Waals surface area contributed by atoms with E-state index in [-0.39, 0.29) is 12.2 Å². The average molecular weight is 297 g/mol. The summed E-state index contributed by atoms with van der Waals surface area (Å²) in [5.74, 6) is 0. The molecule has 0 aliphatic heterocycles. The van der Waals surface area contributed by atoms with Crippen LogP contribution < -0.4 is 5.32 Å². The van der Waals surface area contributed by atoms with Crippen molar-refractivity contribution in [3.8, 4) is 0 Å². The van der Waals surface area contributed by atoms with Gasteiger partial charge in [0.05, 0.1) is 17.6 Å². The predicted molar refractivity (Wildman–Crippen MR) is 73.4 cm³/mol. The van der Waals surface area contributed by atoms with E-state index >= 15 is 0 Å². The quantitative estimate of drug-likeness (QED) is 0.576. The molecule has 2 rings (SSSR count). The summed E-state index contributed by atoms with van der Waals surface area (Å²) in [6.07, 6.45) is 1.79. The minimum absolute atomic E-state index is 0.0802. The van der Waals surface area contributed by atoms with Gasteiger partial charge in [-0.15, -0.1) is 11.3 Å². The Morgan fingerprint density at radius 2 is 2.45 bits per heavy atom. The SMILES string of the molecule is Cc1csc(CNCC(O)Cn2cc([N+](=O)[O-])cn2)n1. The van der Waals surface area contributed by atoms with Crippen LogP contribution in [0.4, 0.5) is 5.69 Å². The monoisotopic (exact) mass is 297 g/mol. The summed E-state index contributed by atoms with van der Waals surface area (Å²) in [6, 6.07) is 0. The number of aryl methyl sites for hydroxylation is 1. The van der Waals surface area contributed by atoms with E-state index in [2.05, 4.69) is 15.4 Å². The van der Waals surface area contributed by atoms with Crippen LogP contribution in [0, 0.1) is 17.0 Å². The molecule has 1 atom stereocenters. The van der Waals surface area contributed by atoms with E-state index in [0.717, 1.165) is 10.7 Å². The van der Waals surface area contributed by atoms with Gasteiger partial charge in [-0.25, -0.2) is 4.98 Å². The Hall–Kier alpha value is -1.84. The Bertz CT molecular complexity index is 582. The van der Waals surface area contributed by atoms with Crippen LogP contribution in [-0.4, -0.2) is 37.4 Å². The molecule has 2 aromatic rings. The molecule has 0 bridgehead atoms. The van der Waals surface area contributed by atoms with E-state index in [9.17, 15) is 15.2 Å². The molecule has 1 unspecified atom stereocenters. The second kappa shape index (κ2) is 6.55. The second-order valence-corrected chi connectivity index (χ2v) is 5.29. The standard InChI is InChI=1S/C11H15N5O3S/c1-8-7-20-11(14-8)4-12-3-10(17)6-15-5-9(2-13-15)16(18)19/h2,5,7,10,12,17H,3-4,6H2,1H3. The fourth-order valence-corrected chi connectivity index (χ4v) is 2.40. The molecule has 108 valence electrons. The van der Waals surface area contributed by atoms with Crippen molar-refractivity contribution in [2.24, 2.45) is 0 Å². The van der Waals surface area contributed by atoms with Crippen LogP contribution in [0.2, 0.25) is 0 Å². The van der Waals surface area contributed by atoms with Gasteiger partial charge in [-0.3, -0.25) is 14.8 Å². The van der Waals surface area contributed by atoms with Gasteiger partial charge >= 0.3 is 5.69 Å². The molecule has 0 amide bonds. The second-order valence-electron chi connectivity index (χ2n) is 4.35.